The van der Waals surface area contributed by atoms with Gasteiger partial charge in [-0.2, -0.15) is 8.42 Å². The SMILES string of the molecule is COC(=O)CN1CCC/C1=N\S(=O)(=O)Cl. The van der Waals surface area contributed by atoms with Gasteiger partial charge in [-0.1, -0.05) is 0 Å². The number of nitrogens with zero attached hydrogens (tertiary/aromatic N) is 2. The van der Waals surface area contributed by atoms with Crippen molar-refractivity contribution in [2.75, 3.05) is 20.2 Å². The molecular weight excluding hydrogens is 244 g/mol. The molecule has 8 heteroatoms. The highest BCUT2D eigenvalue weighted by atomic mass is 35.7. The van der Waals surface area contributed by atoms with Crippen LogP contribution in [0.25, 0.3) is 0 Å². The maximum atomic E-state index is 11.0. The molecule has 0 unspecified atom stereocenters. The van der Waals surface area contributed by atoms with Gasteiger partial charge in [-0.25, -0.2) is 0 Å². The first-order valence-electron chi connectivity index (χ1n) is 4.27. The van der Waals surface area contributed by atoms with Crippen molar-refractivity contribution in [2.24, 2.45) is 4.40 Å². The van der Waals surface area contributed by atoms with Crippen LogP contribution in [0.5, 0.6) is 0 Å². The molecule has 1 saturated heterocycles. The van der Waals surface area contributed by atoms with Crippen molar-refractivity contribution in [1.29, 1.82) is 0 Å². The Bertz CT molecular complexity index is 378. The Morgan fingerprint density at radius 2 is 2.33 bits per heavy atom. The number of esters is 1. The molecule has 1 aliphatic heterocycles. The van der Waals surface area contributed by atoms with Crippen LogP contribution in [-0.4, -0.2) is 45.3 Å². The first-order valence-corrected chi connectivity index (χ1v) is 6.54. The lowest BCUT2D eigenvalue weighted by Crippen LogP contribution is -2.31. The van der Waals surface area contributed by atoms with Gasteiger partial charge in [-0.15, -0.1) is 4.40 Å². The van der Waals surface area contributed by atoms with Crippen LogP contribution in [0.15, 0.2) is 4.40 Å². The van der Waals surface area contributed by atoms with Gasteiger partial charge in [-0.3, -0.25) is 4.79 Å². The van der Waals surface area contributed by atoms with Gasteiger partial charge in [0.2, 0.25) is 0 Å². The van der Waals surface area contributed by atoms with E-state index in [0.29, 0.717) is 18.8 Å². The fourth-order valence-electron chi connectivity index (χ4n) is 1.34. The summed E-state index contributed by atoms with van der Waals surface area (Å²) in [6.45, 7) is 0.585. The maximum Gasteiger partial charge on any atom is 0.341 e. The largest absolute Gasteiger partial charge is 0.468 e. The molecule has 0 atom stereocenters. The second kappa shape index (κ2) is 4.80. The van der Waals surface area contributed by atoms with E-state index in [4.69, 9.17) is 10.7 Å². The highest BCUT2D eigenvalue weighted by Crippen LogP contribution is 2.14. The second-order valence-electron chi connectivity index (χ2n) is 3.02. The number of rotatable bonds is 3. The van der Waals surface area contributed by atoms with Crippen LogP contribution in [0.2, 0.25) is 0 Å². The minimum atomic E-state index is -3.92. The van der Waals surface area contributed by atoms with Crippen molar-refractivity contribution in [2.45, 2.75) is 12.8 Å². The third kappa shape index (κ3) is 4.05. The Morgan fingerprint density at radius 3 is 2.87 bits per heavy atom. The number of hydrogen-bond donors (Lipinski definition) is 0. The quantitative estimate of drug-likeness (QED) is 0.529. The van der Waals surface area contributed by atoms with Gasteiger partial charge >= 0.3 is 15.2 Å². The van der Waals surface area contributed by atoms with Crippen LogP contribution >= 0.6 is 10.7 Å². The lowest BCUT2D eigenvalue weighted by molar-refractivity contribution is -0.140. The molecule has 1 heterocycles. The summed E-state index contributed by atoms with van der Waals surface area (Å²) in [5.74, 6) is -0.119. The summed E-state index contributed by atoms with van der Waals surface area (Å²) in [5, 5.41) is 0. The number of likely N-dealkylation sites (tertiary alicyclic amines) is 1. The highest BCUT2D eigenvalue weighted by Gasteiger charge is 2.23. The molecule has 0 aromatic rings. The molecular formula is C7H11ClN2O4S. The lowest BCUT2D eigenvalue weighted by atomic mass is 10.4. The van der Waals surface area contributed by atoms with Gasteiger partial charge in [0.25, 0.3) is 0 Å². The second-order valence-corrected chi connectivity index (χ2v) is 5.20. The van der Waals surface area contributed by atoms with Crippen LogP contribution in [0.1, 0.15) is 12.8 Å². The number of halogens is 1. The van der Waals surface area contributed by atoms with Gasteiger partial charge in [0.05, 0.1) is 7.11 Å². The monoisotopic (exact) mass is 254 g/mol. The molecule has 0 saturated carbocycles. The predicted molar refractivity (Wildman–Crippen MR) is 55.0 cm³/mol. The molecule has 1 aliphatic rings. The smallest absolute Gasteiger partial charge is 0.341 e. The van der Waals surface area contributed by atoms with Gasteiger partial charge in [-0.05, 0) is 6.42 Å². The lowest BCUT2D eigenvalue weighted by Gasteiger charge is -2.15. The zero-order valence-corrected chi connectivity index (χ0v) is 9.71. The summed E-state index contributed by atoms with van der Waals surface area (Å²) in [5.41, 5.74) is 0. The van der Waals surface area contributed by atoms with Gasteiger partial charge in [0, 0.05) is 23.6 Å². The van der Waals surface area contributed by atoms with E-state index in [2.05, 4.69) is 9.13 Å². The Kier molecular flexibility index (Phi) is 3.92. The van der Waals surface area contributed by atoms with Crippen LogP contribution in [-0.2, 0) is 18.8 Å². The highest BCUT2D eigenvalue weighted by molar-refractivity contribution is 8.12. The molecule has 1 rings (SSSR count). The van der Waals surface area contributed by atoms with E-state index in [1.165, 1.54) is 7.11 Å². The van der Waals surface area contributed by atoms with E-state index in [-0.39, 0.29) is 6.54 Å². The van der Waals surface area contributed by atoms with E-state index in [1.807, 2.05) is 0 Å². The van der Waals surface area contributed by atoms with Crippen LogP contribution in [0.3, 0.4) is 0 Å². The molecule has 0 aliphatic carbocycles. The number of carbonyl (C=O) groups excluding carboxylic acids is 1. The Balaban J connectivity index is 2.74. The fraction of sp³-hybridized carbons (Fsp3) is 0.714. The first kappa shape index (κ1) is 12.3. The fourth-order valence-corrected chi connectivity index (χ4v) is 2.03. The predicted octanol–water partition coefficient (Wildman–Crippen LogP) is 0.137. The van der Waals surface area contributed by atoms with E-state index in [0.717, 1.165) is 6.42 Å². The number of methoxy groups -OCH3 is 1. The topological polar surface area (TPSA) is 76.0 Å². The van der Waals surface area contributed by atoms with Gasteiger partial charge in [0.15, 0.2) is 0 Å². The van der Waals surface area contributed by atoms with Crippen LogP contribution < -0.4 is 0 Å². The van der Waals surface area contributed by atoms with Gasteiger partial charge in [0.1, 0.15) is 12.4 Å². The molecule has 0 aromatic carbocycles. The first-order chi connectivity index (χ1) is 6.92. The third-order valence-electron chi connectivity index (χ3n) is 1.96. The Labute approximate surface area is 92.4 Å². The Morgan fingerprint density at radius 1 is 1.67 bits per heavy atom. The normalized spacial score (nSPS) is 19.6. The minimum absolute atomic E-state index is 0.00173. The summed E-state index contributed by atoms with van der Waals surface area (Å²) < 4.78 is 29.3. The summed E-state index contributed by atoms with van der Waals surface area (Å²) in [6, 6.07) is 0. The summed E-state index contributed by atoms with van der Waals surface area (Å²) in [4.78, 5) is 12.5. The zero-order chi connectivity index (χ0) is 11.5. The third-order valence-corrected chi connectivity index (χ3v) is 2.59. The van der Waals surface area contributed by atoms with Crippen molar-refractivity contribution in [1.82, 2.24) is 4.90 Å². The number of carbonyl (C=O) groups is 1. The molecule has 6 nitrogen and oxygen atoms in total. The summed E-state index contributed by atoms with van der Waals surface area (Å²) in [6.07, 6.45) is 1.26. The molecule has 0 radical (unpaired) electrons. The standard InChI is InChI=1S/C7H11ClN2O4S/c1-14-7(11)5-10-4-2-3-6(10)9-15(8,12)13/h2-5H2,1H3/b9-6+. The molecule has 0 amide bonds. The summed E-state index contributed by atoms with van der Waals surface area (Å²) in [7, 11) is 2.35. The van der Waals surface area contributed by atoms with Crippen molar-refractivity contribution in [3.05, 3.63) is 0 Å². The van der Waals surface area contributed by atoms with E-state index in [9.17, 15) is 13.2 Å². The Hall–Kier alpha value is -0.820. The molecule has 1 fully saturated rings. The molecule has 0 aromatic heterocycles. The molecule has 15 heavy (non-hydrogen) atoms. The maximum absolute atomic E-state index is 11.0. The average Bonchev–Trinajstić information content (AvgIpc) is 2.50. The van der Waals surface area contributed by atoms with Crippen LogP contribution in [0, 0.1) is 0 Å². The van der Waals surface area contributed by atoms with E-state index in [1.54, 1.807) is 4.90 Å². The van der Waals surface area contributed by atoms with Crippen molar-refractivity contribution in [3.63, 3.8) is 0 Å². The van der Waals surface area contributed by atoms with Crippen molar-refractivity contribution >= 4 is 31.7 Å². The molecule has 86 valence electrons. The summed E-state index contributed by atoms with van der Waals surface area (Å²) >= 11 is 0. The van der Waals surface area contributed by atoms with E-state index >= 15 is 0 Å². The van der Waals surface area contributed by atoms with Crippen molar-refractivity contribution in [3.8, 4) is 0 Å². The minimum Gasteiger partial charge on any atom is -0.468 e. The van der Waals surface area contributed by atoms with E-state index < -0.39 is 15.2 Å². The number of hydrogen-bond acceptors (Lipinski definition) is 4. The van der Waals surface area contributed by atoms with Gasteiger partial charge < -0.3 is 9.64 Å². The number of ether oxygens (including phenoxy) is 1. The van der Waals surface area contributed by atoms with Crippen LogP contribution in [0.4, 0.5) is 0 Å². The average molecular weight is 255 g/mol. The number of amidine groups is 1. The molecule has 0 bridgehead atoms. The zero-order valence-electron chi connectivity index (χ0n) is 8.14. The van der Waals surface area contributed by atoms with Crippen molar-refractivity contribution < 1.29 is 17.9 Å². The molecule has 0 N–H and O–H groups in total. The molecule has 0 spiro atoms.